The van der Waals surface area contributed by atoms with Crippen molar-refractivity contribution in [2.45, 2.75) is 108 Å². The van der Waals surface area contributed by atoms with Crippen LogP contribution in [-0.4, -0.2) is 41.7 Å². The van der Waals surface area contributed by atoms with E-state index in [1.165, 1.54) is 5.57 Å². The molecule has 5 nitrogen and oxygen atoms in total. The molecule has 4 rings (SSSR count). The zero-order valence-electron chi connectivity index (χ0n) is 24.2. The number of allylic oxidation sites excluding steroid dienone is 3. The van der Waals surface area contributed by atoms with Crippen LogP contribution in [0.4, 0.5) is 0 Å². The van der Waals surface area contributed by atoms with E-state index in [0.29, 0.717) is 48.3 Å². The second kappa shape index (κ2) is 11.6. The van der Waals surface area contributed by atoms with E-state index in [4.69, 9.17) is 0 Å². The molecule has 39 heavy (non-hydrogen) atoms. The highest BCUT2D eigenvalue weighted by molar-refractivity contribution is 7.91. The summed E-state index contributed by atoms with van der Waals surface area (Å²) in [6.07, 6.45) is 10.8. The molecular weight excluding hydrogens is 508 g/mol. The monoisotopic (exact) mass is 556 g/mol. The maximum absolute atomic E-state index is 13.2. The van der Waals surface area contributed by atoms with Crippen LogP contribution in [0.1, 0.15) is 91.0 Å². The minimum atomic E-state index is -3.40. The van der Waals surface area contributed by atoms with Gasteiger partial charge in [0, 0.05) is 6.42 Å². The molecule has 1 aromatic rings. The normalized spacial score (nSPS) is 34.2. The molecule has 0 bridgehead atoms. The molecule has 1 unspecified atom stereocenters. The Bertz CT molecular complexity index is 1210. The predicted octanol–water partition coefficient (Wildman–Crippen LogP) is 6.25. The van der Waals surface area contributed by atoms with E-state index >= 15 is 0 Å². The zero-order valence-corrected chi connectivity index (χ0v) is 25.0. The van der Waals surface area contributed by atoms with Gasteiger partial charge in [-0.3, -0.25) is 0 Å². The van der Waals surface area contributed by atoms with Crippen molar-refractivity contribution < 1.29 is 23.7 Å². The first-order chi connectivity index (χ1) is 18.3. The maximum atomic E-state index is 13.2. The van der Waals surface area contributed by atoms with E-state index in [-0.39, 0.29) is 11.2 Å². The molecule has 216 valence electrons. The van der Waals surface area contributed by atoms with Gasteiger partial charge in [0.2, 0.25) is 0 Å². The quantitative estimate of drug-likeness (QED) is 0.352. The average molecular weight is 557 g/mol. The lowest BCUT2D eigenvalue weighted by Gasteiger charge is -2.44. The Balaban J connectivity index is 1.43. The van der Waals surface area contributed by atoms with Gasteiger partial charge in [0.25, 0.3) is 0 Å². The Morgan fingerprint density at radius 2 is 1.87 bits per heavy atom. The lowest BCUT2D eigenvalue weighted by Crippen LogP contribution is -2.36. The van der Waals surface area contributed by atoms with Gasteiger partial charge < -0.3 is 15.3 Å². The first-order valence-electron chi connectivity index (χ1n) is 14.8. The van der Waals surface area contributed by atoms with Crippen molar-refractivity contribution in [3.05, 3.63) is 65.3 Å². The van der Waals surface area contributed by atoms with Crippen molar-refractivity contribution in [2.24, 2.45) is 23.2 Å². The smallest absolute Gasteiger partial charge is 0.178 e. The molecule has 0 heterocycles. The van der Waals surface area contributed by atoms with Gasteiger partial charge in [0.05, 0.1) is 28.5 Å². The van der Waals surface area contributed by atoms with Crippen LogP contribution in [0, 0.1) is 23.2 Å². The molecule has 0 saturated heterocycles. The second-order valence-corrected chi connectivity index (χ2v) is 15.0. The van der Waals surface area contributed by atoms with Crippen molar-refractivity contribution >= 4 is 9.84 Å². The Labute approximate surface area is 235 Å². The summed E-state index contributed by atoms with van der Waals surface area (Å²) in [5.74, 6) is 1.40. The Morgan fingerprint density at radius 3 is 2.54 bits per heavy atom. The number of sulfone groups is 1. The average Bonchev–Trinajstić information content (AvgIpc) is 3.26. The number of hydrogen-bond acceptors (Lipinski definition) is 5. The molecule has 3 N–H and O–H groups in total. The van der Waals surface area contributed by atoms with Crippen LogP contribution >= 0.6 is 0 Å². The van der Waals surface area contributed by atoms with Gasteiger partial charge in [-0.15, -0.1) is 0 Å². The summed E-state index contributed by atoms with van der Waals surface area (Å²) in [4.78, 5) is 0.330. The molecule has 3 aliphatic rings. The summed E-state index contributed by atoms with van der Waals surface area (Å²) in [7, 11) is -3.40. The van der Waals surface area contributed by atoms with E-state index in [1.54, 1.807) is 31.2 Å². The van der Waals surface area contributed by atoms with Gasteiger partial charge in [-0.25, -0.2) is 8.42 Å². The van der Waals surface area contributed by atoms with Crippen molar-refractivity contribution in [3.8, 4) is 0 Å². The number of fused-ring (bicyclic) bond motifs is 1. The van der Waals surface area contributed by atoms with Gasteiger partial charge in [0.1, 0.15) is 0 Å². The summed E-state index contributed by atoms with van der Waals surface area (Å²) < 4.78 is 26.4. The molecule has 3 saturated carbocycles. The van der Waals surface area contributed by atoms with Crippen molar-refractivity contribution in [3.63, 3.8) is 0 Å². The first-order valence-corrected chi connectivity index (χ1v) is 16.4. The molecule has 7 atom stereocenters. The van der Waals surface area contributed by atoms with Crippen molar-refractivity contribution in [2.75, 3.05) is 5.75 Å². The van der Waals surface area contributed by atoms with Gasteiger partial charge in [-0.1, -0.05) is 57.2 Å². The minimum absolute atomic E-state index is 0.135. The third-order valence-corrected chi connectivity index (χ3v) is 12.1. The van der Waals surface area contributed by atoms with Crippen LogP contribution in [0.3, 0.4) is 0 Å². The van der Waals surface area contributed by atoms with Crippen molar-refractivity contribution in [1.29, 1.82) is 0 Å². The van der Waals surface area contributed by atoms with Crippen molar-refractivity contribution in [1.82, 2.24) is 0 Å². The summed E-state index contributed by atoms with van der Waals surface area (Å²) in [5, 5.41) is 30.8. The highest BCUT2D eigenvalue weighted by atomic mass is 32.2. The fraction of sp³-hybridized carbons (Fsp3) is 0.636. The zero-order chi connectivity index (χ0) is 28.6. The summed E-state index contributed by atoms with van der Waals surface area (Å²) >= 11 is 0. The van der Waals surface area contributed by atoms with Crippen LogP contribution in [0.5, 0.6) is 0 Å². The van der Waals surface area contributed by atoms with Crippen LogP contribution < -0.4 is 0 Å². The highest BCUT2D eigenvalue weighted by Gasteiger charge is 2.50. The van der Waals surface area contributed by atoms with E-state index in [1.807, 2.05) is 6.92 Å². The molecule has 0 aromatic heterocycles. The third-order valence-electron chi connectivity index (χ3n) is 10.4. The number of benzene rings is 1. The summed E-state index contributed by atoms with van der Waals surface area (Å²) in [5.41, 5.74) is 3.05. The summed E-state index contributed by atoms with van der Waals surface area (Å²) in [6.45, 7) is 12.3. The van der Waals surface area contributed by atoms with Gasteiger partial charge in [-0.05, 0) is 110 Å². The van der Waals surface area contributed by atoms with E-state index in [2.05, 4.69) is 32.6 Å². The van der Waals surface area contributed by atoms with Gasteiger partial charge in [0.15, 0.2) is 9.84 Å². The van der Waals surface area contributed by atoms with Gasteiger partial charge in [-0.2, -0.15) is 0 Å². The maximum Gasteiger partial charge on any atom is 0.178 e. The highest BCUT2D eigenvalue weighted by Crippen LogP contribution is 2.59. The summed E-state index contributed by atoms with van der Waals surface area (Å²) in [6, 6.07) is 6.74. The number of hydrogen-bond donors (Lipinski definition) is 3. The lowest BCUT2D eigenvalue weighted by atomic mass is 9.61. The SMILES string of the molecule is C=C1/C(=C\C=C2/CCC[C@]3(C)[C@@H]([C@H](C)CCS(=O)(=O)c4ccc(C(C)(O)CC)cc4)CC[C@@H]23)C[C@@H](O)C[C@@H]1O. The minimum Gasteiger partial charge on any atom is -0.393 e. The largest absolute Gasteiger partial charge is 0.393 e. The number of aliphatic hydroxyl groups is 3. The second-order valence-electron chi connectivity index (χ2n) is 12.9. The van der Waals surface area contributed by atoms with Crippen LogP contribution in [0.25, 0.3) is 0 Å². The molecule has 1 aromatic carbocycles. The topological polar surface area (TPSA) is 94.8 Å². The standard InChI is InChI=1S/C33H48O5S/c1-6-33(5,36)26-11-13-28(14-12-26)39(37,38)19-17-22(2)29-15-16-30-24(8-7-18-32(29,30)4)9-10-25-20-27(34)21-31(35)23(25)3/h9-14,22,27,29-31,34-36H,3,6-8,15-21H2,1-2,4-5H3/b24-9+,25-10-/t22-,27-,29-,30+,31+,32-,33?/m1/s1. The fourth-order valence-electron chi connectivity index (χ4n) is 7.56. The van der Waals surface area contributed by atoms with Crippen LogP contribution in [0.15, 0.2) is 64.6 Å². The Kier molecular flexibility index (Phi) is 9.02. The molecule has 0 aliphatic heterocycles. The molecule has 0 radical (unpaired) electrons. The fourth-order valence-corrected chi connectivity index (χ4v) is 9.03. The predicted molar refractivity (Wildman–Crippen MR) is 157 cm³/mol. The molecule has 0 spiro atoms. The molecular formula is C33H48O5S. The molecule has 3 fully saturated rings. The lowest BCUT2D eigenvalue weighted by molar-refractivity contribution is 0.0530. The molecule has 6 heteroatoms. The third kappa shape index (κ3) is 6.29. The Morgan fingerprint density at radius 1 is 1.18 bits per heavy atom. The molecule has 0 amide bonds. The van der Waals surface area contributed by atoms with E-state index in [9.17, 15) is 23.7 Å². The van der Waals surface area contributed by atoms with Crippen LogP contribution in [0.2, 0.25) is 0 Å². The van der Waals surface area contributed by atoms with E-state index < -0.39 is 27.6 Å². The van der Waals surface area contributed by atoms with Gasteiger partial charge >= 0.3 is 0 Å². The molecule has 3 aliphatic carbocycles. The number of aliphatic hydroxyl groups excluding tert-OH is 2. The van der Waals surface area contributed by atoms with Crippen LogP contribution in [-0.2, 0) is 15.4 Å². The first kappa shape index (κ1) is 30.2. The Hall–Kier alpha value is -1.73. The van der Waals surface area contributed by atoms with E-state index in [0.717, 1.165) is 48.8 Å². The number of rotatable bonds is 8.